The summed E-state index contributed by atoms with van der Waals surface area (Å²) in [6, 6.07) is 17.1. The Morgan fingerprint density at radius 1 is 0.829 bits per heavy atom. The van der Waals surface area contributed by atoms with Crippen molar-refractivity contribution in [1.82, 2.24) is 9.80 Å². The molecule has 0 aromatic heterocycles. The number of benzene rings is 2. The molecule has 2 aromatic carbocycles. The predicted molar refractivity (Wildman–Crippen MR) is 136 cm³/mol. The molecule has 2 rings (SSSR count). The second-order valence-electron chi connectivity index (χ2n) is 10.0. The van der Waals surface area contributed by atoms with Crippen LogP contribution in [0.5, 0.6) is 0 Å². The average molecular weight is 483 g/mol. The zero-order chi connectivity index (χ0) is 26.2. The van der Waals surface area contributed by atoms with Crippen molar-refractivity contribution in [2.75, 3.05) is 14.1 Å². The first-order valence-corrected chi connectivity index (χ1v) is 11.9. The summed E-state index contributed by atoms with van der Waals surface area (Å²) in [6.45, 7) is 9.19. The number of esters is 1. The van der Waals surface area contributed by atoms with Gasteiger partial charge >= 0.3 is 12.1 Å². The summed E-state index contributed by atoms with van der Waals surface area (Å²) in [4.78, 5) is 42.4. The SMILES string of the molecule is CC(C)[C@@H](C(=O)OC(C)(C)C)N(C)C(=O)[C@H](Cc1ccccc1)N(C)C(=O)OCc1ccccc1. The number of carbonyl (C=O) groups is 3. The van der Waals surface area contributed by atoms with Crippen LogP contribution in [0.1, 0.15) is 45.7 Å². The number of hydrogen-bond acceptors (Lipinski definition) is 5. The van der Waals surface area contributed by atoms with E-state index in [1.807, 2.05) is 74.5 Å². The van der Waals surface area contributed by atoms with Crippen molar-refractivity contribution < 1.29 is 23.9 Å². The summed E-state index contributed by atoms with van der Waals surface area (Å²) in [7, 11) is 3.13. The van der Waals surface area contributed by atoms with Crippen LogP contribution in [0.3, 0.4) is 0 Å². The fourth-order valence-electron chi connectivity index (χ4n) is 3.79. The highest BCUT2D eigenvalue weighted by atomic mass is 16.6. The van der Waals surface area contributed by atoms with Gasteiger partial charge in [0.2, 0.25) is 5.91 Å². The van der Waals surface area contributed by atoms with Gasteiger partial charge in [-0.2, -0.15) is 0 Å². The number of hydrogen-bond donors (Lipinski definition) is 0. The summed E-state index contributed by atoms with van der Waals surface area (Å²) >= 11 is 0. The first-order chi connectivity index (χ1) is 16.4. The van der Waals surface area contributed by atoms with E-state index in [9.17, 15) is 14.4 Å². The van der Waals surface area contributed by atoms with Gasteiger partial charge in [0.15, 0.2) is 0 Å². The van der Waals surface area contributed by atoms with Crippen molar-refractivity contribution >= 4 is 18.0 Å². The zero-order valence-corrected chi connectivity index (χ0v) is 21.9. The average Bonchev–Trinajstić information content (AvgIpc) is 2.80. The Balaban J connectivity index is 2.27. The molecule has 0 spiro atoms. The minimum absolute atomic E-state index is 0.0959. The van der Waals surface area contributed by atoms with E-state index in [0.717, 1.165) is 11.1 Å². The Kier molecular flexibility index (Phi) is 9.87. The molecule has 0 unspecified atom stereocenters. The van der Waals surface area contributed by atoms with E-state index < -0.39 is 29.7 Å². The molecule has 0 radical (unpaired) electrons. The predicted octanol–water partition coefficient (Wildman–Crippen LogP) is 4.69. The fourth-order valence-corrected chi connectivity index (χ4v) is 3.79. The second-order valence-corrected chi connectivity index (χ2v) is 10.0. The Morgan fingerprint density at radius 2 is 1.34 bits per heavy atom. The van der Waals surface area contributed by atoms with Gasteiger partial charge in [0.25, 0.3) is 0 Å². The minimum atomic E-state index is -0.866. The lowest BCUT2D eigenvalue weighted by atomic mass is 9.99. The van der Waals surface area contributed by atoms with Crippen molar-refractivity contribution in [2.45, 2.75) is 65.3 Å². The van der Waals surface area contributed by atoms with E-state index in [4.69, 9.17) is 9.47 Å². The zero-order valence-electron chi connectivity index (χ0n) is 21.9. The maximum absolute atomic E-state index is 13.8. The highest BCUT2D eigenvalue weighted by Crippen LogP contribution is 2.20. The van der Waals surface area contributed by atoms with Crippen molar-refractivity contribution in [3.05, 3.63) is 71.8 Å². The van der Waals surface area contributed by atoms with E-state index in [0.29, 0.717) is 0 Å². The Hall–Kier alpha value is -3.35. The number of ether oxygens (including phenoxy) is 2. The van der Waals surface area contributed by atoms with Gasteiger partial charge in [0, 0.05) is 20.5 Å². The van der Waals surface area contributed by atoms with Gasteiger partial charge in [-0.15, -0.1) is 0 Å². The number of carbonyl (C=O) groups excluding carboxylic acids is 3. The van der Waals surface area contributed by atoms with E-state index in [-0.39, 0.29) is 24.9 Å². The number of amides is 2. The lowest BCUT2D eigenvalue weighted by molar-refractivity contribution is -0.166. The first-order valence-electron chi connectivity index (χ1n) is 11.9. The molecule has 0 aliphatic carbocycles. The monoisotopic (exact) mass is 482 g/mol. The van der Waals surface area contributed by atoms with Crippen LogP contribution < -0.4 is 0 Å². The van der Waals surface area contributed by atoms with Crippen molar-refractivity contribution in [1.29, 1.82) is 0 Å². The molecule has 2 atom stereocenters. The summed E-state index contributed by atoms with van der Waals surface area (Å²) < 4.78 is 11.1. The molecule has 0 bridgehead atoms. The molecule has 2 aromatic rings. The Bertz CT molecular complexity index is 970. The third-order valence-corrected chi connectivity index (χ3v) is 5.56. The van der Waals surface area contributed by atoms with Gasteiger partial charge in [-0.3, -0.25) is 9.69 Å². The molecule has 7 nitrogen and oxygen atoms in total. The van der Waals surface area contributed by atoms with Crippen LogP contribution in [0.15, 0.2) is 60.7 Å². The van der Waals surface area contributed by atoms with E-state index in [1.165, 1.54) is 9.80 Å². The molecule has 35 heavy (non-hydrogen) atoms. The highest BCUT2D eigenvalue weighted by Gasteiger charge is 2.38. The summed E-state index contributed by atoms with van der Waals surface area (Å²) in [5, 5.41) is 0. The molecule has 0 fully saturated rings. The lowest BCUT2D eigenvalue weighted by Gasteiger charge is -2.36. The third kappa shape index (κ3) is 8.42. The fraction of sp³-hybridized carbons (Fsp3) is 0.464. The van der Waals surface area contributed by atoms with Crippen LogP contribution >= 0.6 is 0 Å². The summed E-state index contributed by atoms with van der Waals surface area (Å²) in [6.07, 6.45) is -0.338. The Morgan fingerprint density at radius 3 is 1.83 bits per heavy atom. The van der Waals surface area contributed by atoms with Crippen LogP contribution in [0.2, 0.25) is 0 Å². The molecule has 190 valence electrons. The largest absolute Gasteiger partial charge is 0.458 e. The van der Waals surface area contributed by atoms with Crippen molar-refractivity contribution in [2.24, 2.45) is 5.92 Å². The van der Waals surface area contributed by atoms with Crippen LogP contribution in [0, 0.1) is 5.92 Å². The maximum atomic E-state index is 13.8. The second kappa shape index (κ2) is 12.4. The normalized spacial score (nSPS) is 13.0. The number of likely N-dealkylation sites (N-methyl/N-ethyl adjacent to an activating group) is 2. The molecule has 2 amide bonds. The standard InChI is InChI=1S/C28H38N2O5/c1-20(2)24(26(32)35-28(3,4)5)30(7)25(31)23(18-21-14-10-8-11-15-21)29(6)27(33)34-19-22-16-12-9-13-17-22/h8-17,20,23-24H,18-19H2,1-7H3/t23-,24-/m0/s1. The summed E-state index contributed by atoms with van der Waals surface area (Å²) in [5.74, 6) is -1.03. The van der Waals surface area contributed by atoms with Crippen molar-refractivity contribution in [3.63, 3.8) is 0 Å². The van der Waals surface area contributed by atoms with E-state index in [1.54, 1.807) is 34.9 Å². The number of nitrogens with zero attached hydrogens (tertiary/aromatic N) is 2. The van der Waals surface area contributed by atoms with Gasteiger partial charge < -0.3 is 14.4 Å². The van der Waals surface area contributed by atoms with E-state index in [2.05, 4.69) is 0 Å². The molecule has 0 saturated heterocycles. The minimum Gasteiger partial charge on any atom is -0.458 e. The summed E-state index contributed by atoms with van der Waals surface area (Å²) in [5.41, 5.74) is 1.05. The van der Waals surface area contributed by atoms with Gasteiger partial charge in [0.1, 0.15) is 24.3 Å². The molecule has 0 aliphatic rings. The van der Waals surface area contributed by atoms with E-state index >= 15 is 0 Å². The third-order valence-electron chi connectivity index (χ3n) is 5.56. The van der Waals surface area contributed by atoms with Crippen LogP contribution in [0.4, 0.5) is 4.79 Å². The molecular formula is C28H38N2O5. The number of rotatable bonds is 9. The molecule has 0 aliphatic heterocycles. The molecule has 0 saturated carbocycles. The quantitative estimate of drug-likeness (QED) is 0.485. The molecular weight excluding hydrogens is 444 g/mol. The topological polar surface area (TPSA) is 76.2 Å². The molecule has 0 heterocycles. The van der Waals surface area contributed by atoms with Gasteiger partial charge in [-0.1, -0.05) is 74.5 Å². The molecule has 7 heteroatoms. The smallest absolute Gasteiger partial charge is 0.410 e. The molecule has 0 N–H and O–H groups in total. The van der Waals surface area contributed by atoms with Gasteiger partial charge in [-0.05, 0) is 37.8 Å². The highest BCUT2D eigenvalue weighted by molar-refractivity contribution is 5.90. The van der Waals surface area contributed by atoms with Crippen LogP contribution in [0.25, 0.3) is 0 Å². The first kappa shape index (κ1) is 27.9. The van der Waals surface area contributed by atoms with Crippen LogP contribution in [-0.4, -0.2) is 59.5 Å². The Labute approximate surface area is 209 Å². The van der Waals surface area contributed by atoms with Gasteiger partial charge in [0.05, 0.1) is 0 Å². The van der Waals surface area contributed by atoms with Gasteiger partial charge in [-0.25, -0.2) is 9.59 Å². The maximum Gasteiger partial charge on any atom is 0.410 e. The van der Waals surface area contributed by atoms with Crippen molar-refractivity contribution in [3.8, 4) is 0 Å². The lowest BCUT2D eigenvalue weighted by Crippen LogP contribution is -2.55. The van der Waals surface area contributed by atoms with Crippen LogP contribution in [-0.2, 0) is 32.1 Å².